The van der Waals surface area contributed by atoms with E-state index in [-0.39, 0.29) is 5.91 Å². The second kappa shape index (κ2) is 6.68. The zero-order chi connectivity index (χ0) is 16.4. The number of hydrogen-bond donors (Lipinski definition) is 0. The number of carbonyl (C=O) groups excluding carboxylic acids is 1. The summed E-state index contributed by atoms with van der Waals surface area (Å²) in [7, 11) is 1.75. The Morgan fingerprint density at radius 3 is 2.61 bits per heavy atom. The van der Waals surface area contributed by atoms with Crippen LogP contribution in [0.4, 0.5) is 0 Å². The molecule has 7 heteroatoms. The molecule has 0 radical (unpaired) electrons. The summed E-state index contributed by atoms with van der Waals surface area (Å²) >= 11 is 6.20. The minimum atomic E-state index is -0.0263. The molecule has 0 aromatic carbocycles. The van der Waals surface area contributed by atoms with Crippen LogP contribution in [0.3, 0.4) is 0 Å². The van der Waals surface area contributed by atoms with Crippen LogP contribution >= 0.6 is 11.6 Å². The van der Waals surface area contributed by atoms with Crippen LogP contribution in [0.5, 0.6) is 0 Å². The van der Waals surface area contributed by atoms with Gasteiger partial charge in [0.05, 0.1) is 11.3 Å². The quantitative estimate of drug-likeness (QED) is 0.858. The Morgan fingerprint density at radius 2 is 2.04 bits per heavy atom. The Labute approximate surface area is 140 Å². The summed E-state index contributed by atoms with van der Waals surface area (Å²) < 4.78 is 1.54. The topological polar surface area (TPSA) is 54.3 Å². The lowest BCUT2D eigenvalue weighted by Crippen LogP contribution is -2.48. The van der Waals surface area contributed by atoms with Crippen molar-refractivity contribution in [3.63, 3.8) is 0 Å². The summed E-state index contributed by atoms with van der Waals surface area (Å²) in [5.74, 6) is -0.0263. The van der Waals surface area contributed by atoms with Crippen molar-refractivity contribution < 1.29 is 4.79 Å². The van der Waals surface area contributed by atoms with Crippen molar-refractivity contribution >= 4 is 17.5 Å². The molecule has 0 spiro atoms. The molecule has 6 nitrogen and oxygen atoms in total. The van der Waals surface area contributed by atoms with Crippen molar-refractivity contribution in [1.82, 2.24) is 24.6 Å². The third-order valence-electron chi connectivity index (χ3n) is 4.15. The number of aryl methyl sites for hydroxylation is 2. The van der Waals surface area contributed by atoms with Crippen molar-refractivity contribution in [2.24, 2.45) is 7.05 Å². The summed E-state index contributed by atoms with van der Waals surface area (Å²) in [6.45, 7) is 5.77. The number of rotatable bonds is 3. The van der Waals surface area contributed by atoms with Gasteiger partial charge in [0, 0.05) is 52.2 Å². The number of hydrogen-bond acceptors (Lipinski definition) is 4. The molecule has 3 heterocycles. The highest BCUT2D eigenvalue weighted by Gasteiger charge is 2.27. The predicted molar refractivity (Wildman–Crippen MR) is 88.4 cm³/mol. The van der Waals surface area contributed by atoms with Crippen LogP contribution < -0.4 is 0 Å². The van der Waals surface area contributed by atoms with Crippen molar-refractivity contribution in [2.45, 2.75) is 13.5 Å². The minimum absolute atomic E-state index is 0.0263. The van der Waals surface area contributed by atoms with Crippen molar-refractivity contribution in [2.75, 3.05) is 26.2 Å². The normalized spacial score (nSPS) is 15.9. The average Bonchev–Trinajstić information content (AvgIpc) is 2.81. The van der Waals surface area contributed by atoms with Crippen LogP contribution in [0.1, 0.15) is 21.6 Å². The highest BCUT2D eigenvalue weighted by molar-refractivity contribution is 6.33. The van der Waals surface area contributed by atoms with Crippen LogP contribution in [-0.4, -0.2) is 56.7 Å². The lowest BCUT2D eigenvalue weighted by molar-refractivity contribution is 0.0627. The van der Waals surface area contributed by atoms with E-state index in [2.05, 4.69) is 21.0 Å². The van der Waals surface area contributed by atoms with Crippen LogP contribution in [0.15, 0.2) is 24.5 Å². The van der Waals surface area contributed by atoms with Gasteiger partial charge in [-0.1, -0.05) is 17.7 Å². The first-order chi connectivity index (χ1) is 11.1. The zero-order valence-corrected chi connectivity index (χ0v) is 14.1. The summed E-state index contributed by atoms with van der Waals surface area (Å²) in [6, 6.07) is 4.02. The van der Waals surface area contributed by atoms with Gasteiger partial charge in [-0.15, -0.1) is 0 Å². The molecule has 0 atom stereocenters. The summed E-state index contributed by atoms with van der Waals surface area (Å²) in [5.41, 5.74) is 2.40. The van der Waals surface area contributed by atoms with Gasteiger partial charge in [0.25, 0.3) is 5.91 Å². The molecule has 1 saturated heterocycles. The number of amides is 1. The average molecular weight is 334 g/mol. The smallest absolute Gasteiger partial charge is 0.258 e. The molecule has 0 bridgehead atoms. The molecule has 122 valence electrons. The number of nitrogens with zero attached hydrogens (tertiary/aromatic N) is 5. The van der Waals surface area contributed by atoms with Gasteiger partial charge in [-0.25, -0.2) is 0 Å². The van der Waals surface area contributed by atoms with E-state index in [0.29, 0.717) is 29.5 Å². The number of carbonyl (C=O) groups is 1. The Bertz CT molecular complexity index is 692. The molecule has 0 N–H and O–H groups in total. The maximum absolute atomic E-state index is 12.7. The maximum atomic E-state index is 12.7. The van der Waals surface area contributed by atoms with Gasteiger partial charge in [0.15, 0.2) is 0 Å². The molecular weight excluding hydrogens is 314 g/mol. The van der Waals surface area contributed by atoms with Gasteiger partial charge in [-0.3, -0.25) is 19.4 Å². The first-order valence-corrected chi connectivity index (χ1v) is 8.03. The highest BCUT2D eigenvalue weighted by atomic mass is 35.5. The van der Waals surface area contributed by atoms with Crippen LogP contribution in [0.2, 0.25) is 5.15 Å². The van der Waals surface area contributed by atoms with Crippen LogP contribution in [-0.2, 0) is 13.6 Å². The molecule has 3 rings (SSSR count). The third-order valence-corrected chi connectivity index (χ3v) is 4.59. The van der Waals surface area contributed by atoms with E-state index in [1.807, 2.05) is 24.1 Å². The minimum Gasteiger partial charge on any atom is -0.336 e. The monoisotopic (exact) mass is 333 g/mol. The van der Waals surface area contributed by atoms with E-state index in [0.717, 1.165) is 19.6 Å². The Balaban J connectivity index is 1.61. The lowest BCUT2D eigenvalue weighted by Gasteiger charge is -2.34. The van der Waals surface area contributed by atoms with Crippen molar-refractivity contribution in [3.8, 4) is 0 Å². The Hall–Kier alpha value is -1.92. The molecule has 1 fully saturated rings. The molecule has 2 aromatic rings. The highest BCUT2D eigenvalue weighted by Crippen LogP contribution is 2.21. The summed E-state index contributed by atoms with van der Waals surface area (Å²) in [6.07, 6.45) is 3.66. The van der Waals surface area contributed by atoms with Crippen molar-refractivity contribution in [1.29, 1.82) is 0 Å². The first-order valence-electron chi connectivity index (χ1n) is 7.66. The van der Waals surface area contributed by atoms with E-state index >= 15 is 0 Å². The Morgan fingerprint density at radius 1 is 1.30 bits per heavy atom. The summed E-state index contributed by atoms with van der Waals surface area (Å²) in [5, 5.41) is 4.62. The molecular formula is C16H20ClN5O. The molecule has 23 heavy (non-hydrogen) atoms. The van der Waals surface area contributed by atoms with Crippen LogP contribution in [0, 0.1) is 6.92 Å². The van der Waals surface area contributed by atoms with Gasteiger partial charge in [0.1, 0.15) is 5.15 Å². The SMILES string of the molecule is Cc1nn(C)c(Cl)c1C(=O)N1CCN(Cc2cccnc2)CC1. The second-order valence-electron chi connectivity index (χ2n) is 5.80. The predicted octanol–water partition coefficient (Wildman–Crippen LogP) is 1.73. The lowest BCUT2D eigenvalue weighted by atomic mass is 10.2. The fourth-order valence-corrected chi connectivity index (χ4v) is 3.15. The fourth-order valence-electron chi connectivity index (χ4n) is 2.89. The number of pyridine rings is 1. The molecule has 0 unspecified atom stereocenters. The Kier molecular flexibility index (Phi) is 4.63. The number of aromatic nitrogens is 3. The number of halogens is 1. The standard InChI is InChI=1S/C16H20ClN5O/c1-12-14(15(17)20(2)19-12)16(23)22-8-6-21(7-9-22)11-13-4-3-5-18-10-13/h3-5,10H,6-9,11H2,1-2H3. The fraction of sp³-hybridized carbons (Fsp3) is 0.438. The largest absolute Gasteiger partial charge is 0.336 e. The maximum Gasteiger partial charge on any atom is 0.258 e. The first kappa shape index (κ1) is 16.0. The van der Waals surface area contributed by atoms with E-state index < -0.39 is 0 Å². The molecule has 1 aliphatic heterocycles. The molecule has 1 amide bonds. The molecule has 1 aliphatic rings. The molecule has 0 aliphatic carbocycles. The molecule has 0 saturated carbocycles. The number of piperazine rings is 1. The van der Waals surface area contributed by atoms with Gasteiger partial charge >= 0.3 is 0 Å². The van der Waals surface area contributed by atoms with E-state index in [1.54, 1.807) is 17.9 Å². The van der Waals surface area contributed by atoms with Gasteiger partial charge in [-0.2, -0.15) is 5.10 Å². The van der Waals surface area contributed by atoms with Gasteiger partial charge < -0.3 is 4.90 Å². The summed E-state index contributed by atoms with van der Waals surface area (Å²) in [4.78, 5) is 21.0. The zero-order valence-electron chi connectivity index (χ0n) is 13.4. The van der Waals surface area contributed by atoms with Crippen LogP contribution in [0.25, 0.3) is 0 Å². The third kappa shape index (κ3) is 3.38. The van der Waals surface area contributed by atoms with E-state index in [4.69, 9.17) is 11.6 Å². The van der Waals surface area contributed by atoms with E-state index in [9.17, 15) is 4.79 Å². The van der Waals surface area contributed by atoms with Crippen molar-refractivity contribution in [3.05, 3.63) is 46.5 Å². The van der Waals surface area contributed by atoms with E-state index in [1.165, 1.54) is 5.56 Å². The second-order valence-corrected chi connectivity index (χ2v) is 6.16. The van der Waals surface area contributed by atoms with Gasteiger partial charge in [-0.05, 0) is 18.6 Å². The molecule has 2 aromatic heterocycles. The van der Waals surface area contributed by atoms with Gasteiger partial charge in [0.2, 0.25) is 0 Å².